The highest BCUT2D eigenvalue weighted by Crippen LogP contribution is 2.20. The Morgan fingerprint density at radius 2 is 1.85 bits per heavy atom. The Labute approximate surface area is 150 Å². The van der Waals surface area contributed by atoms with Gasteiger partial charge in [0, 0.05) is 6.08 Å². The summed E-state index contributed by atoms with van der Waals surface area (Å²) in [6.45, 7) is 0.400. The minimum Gasteiger partial charge on any atom is -0.486 e. The van der Waals surface area contributed by atoms with Gasteiger partial charge in [0.1, 0.15) is 18.0 Å². The third-order valence-electron chi connectivity index (χ3n) is 4.13. The molecular weight excluding hydrogens is 334 g/mol. The Balaban J connectivity index is 1.62. The fourth-order valence-corrected chi connectivity index (χ4v) is 2.77. The number of aromatic carboxylic acids is 1. The van der Waals surface area contributed by atoms with Crippen LogP contribution in [0.3, 0.4) is 0 Å². The number of hydrogen-bond donors (Lipinski definition) is 2. The Morgan fingerprint density at radius 3 is 2.58 bits per heavy atom. The first-order valence-electron chi connectivity index (χ1n) is 8.23. The van der Waals surface area contributed by atoms with Crippen LogP contribution in [0.15, 0.2) is 60.7 Å². The van der Waals surface area contributed by atoms with E-state index in [2.05, 4.69) is 0 Å². The van der Waals surface area contributed by atoms with E-state index in [4.69, 9.17) is 9.84 Å². The molecule has 0 aliphatic carbocycles. The molecule has 3 rings (SSSR count). The van der Waals surface area contributed by atoms with Crippen LogP contribution in [-0.4, -0.2) is 52.3 Å². The van der Waals surface area contributed by atoms with Crippen LogP contribution in [0.4, 0.5) is 0 Å². The molecule has 1 heterocycles. The van der Waals surface area contributed by atoms with Crippen LogP contribution in [0.2, 0.25) is 0 Å². The molecule has 2 aromatic carbocycles. The number of rotatable bonds is 5. The third kappa shape index (κ3) is 4.29. The average molecular weight is 353 g/mol. The van der Waals surface area contributed by atoms with Crippen molar-refractivity contribution in [1.82, 2.24) is 4.90 Å². The maximum absolute atomic E-state index is 12.3. The zero-order valence-corrected chi connectivity index (χ0v) is 14.0. The van der Waals surface area contributed by atoms with Crippen molar-refractivity contribution in [1.29, 1.82) is 0 Å². The Kier molecular flexibility index (Phi) is 5.34. The van der Waals surface area contributed by atoms with E-state index in [1.54, 1.807) is 18.2 Å². The molecule has 1 aliphatic heterocycles. The molecule has 0 radical (unpaired) electrons. The maximum Gasteiger partial charge on any atom is 0.335 e. The molecule has 2 atom stereocenters. The SMILES string of the molecule is O=C(O)c1cccc(O[C@@H]2CN(C(=O)/C=C/c3ccccc3)C[C@H]2O)c1. The highest BCUT2D eigenvalue weighted by molar-refractivity contribution is 5.92. The first-order valence-corrected chi connectivity index (χ1v) is 8.23. The number of ether oxygens (including phenoxy) is 1. The predicted octanol–water partition coefficient (Wildman–Crippen LogP) is 2.05. The van der Waals surface area contributed by atoms with Crippen molar-refractivity contribution < 1.29 is 24.5 Å². The van der Waals surface area contributed by atoms with Crippen molar-refractivity contribution in [2.24, 2.45) is 0 Å². The molecule has 0 spiro atoms. The summed E-state index contributed by atoms with van der Waals surface area (Å²) in [5.41, 5.74) is 1.02. The van der Waals surface area contributed by atoms with Crippen molar-refractivity contribution in [2.75, 3.05) is 13.1 Å². The minimum absolute atomic E-state index is 0.105. The van der Waals surface area contributed by atoms with Crippen LogP contribution in [0.1, 0.15) is 15.9 Å². The summed E-state index contributed by atoms with van der Waals surface area (Å²) in [4.78, 5) is 24.8. The van der Waals surface area contributed by atoms with Gasteiger partial charge in [0.25, 0.3) is 0 Å². The number of β-amino-alcohol motifs (C(OH)–C–C–N with tert-alkyl or cyclic N) is 1. The normalized spacial score (nSPS) is 19.7. The fraction of sp³-hybridized carbons (Fsp3) is 0.200. The van der Waals surface area contributed by atoms with Crippen LogP contribution < -0.4 is 4.74 Å². The van der Waals surface area contributed by atoms with Gasteiger partial charge in [-0.25, -0.2) is 4.79 Å². The second kappa shape index (κ2) is 7.84. The fourth-order valence-electron chi connectivity index (χ4n) is 2.77. The van der Waals surface area contributed by atoms with Gasteiger partial charge in [0.15, 0.2) is 0 Å². The third-order valence-corrected chi connectivity index (χ3v) is 4.13. The quantitative estimate of drug-likeness (QED) is 0.804. The first-order chi connectivity index (χ1) is 12.5. The largest absolute Gasteiger partial charge is 0.486 e. The van der Waals surface area contributed by atoms with Gasteiger partial charge in [0.2, 0.25) is 5.91 Å². The highest BCUT2D eigenvalue weighted by atomic mass is 16.5. The number of carboxylic acids is 1. The first kappa shape index (κ1) is 17.7. The molecule has 1 amide bonds. The molecule has 0 aromatic heterocycles. The van der Waals surface area contributed by atoms with Crippen LogP contribution in [-0.2, 0) is 4.79 Å². The van der Waals surface area contributed by atoms with E-state index in [0.29, 0.717) is 5.75 Å². The standard InChI is InChI=1S/C20H19NO5/c22-17-12-21(19(23)10-9-14-5-2-1-3-6-14)13-18(17)26-16-8-4-7-15(11-16)20(24)25/h1-11,17-18,22H,12-13H2,(H,24,25)/b10-9+/t17-,18-/m1/s1. The summed E-state index contributed by atoms with van der Waals surface area (Å²) in [6.07, 6.45) is 1.75. The number of carbonyl (C=O) groups excluding carboxylic acids is 1. The Bertz CT molecular complexity index is 818. The smallest absolute Gasteiger partial charge is 0.335 e. The lowest BCUT2D eigenvalue weighted by atomic mass is 10.2. The number of carboxylic acid groups (broad SMARTS) is 1. The predicted molar refractivity (Wildman–Crippen MR) is 95.9 cm³/mol. The van der Waals surface area contributed by atoms with Gasteiger partial charge in [-0.05, 0) is 29.8 Å². The van der Waals surface area contributed by atoms with Gasteiger partial charge in [0.05, 0.1) is 18.7 Å². The van der Waals surface area contributed by atoms with Gasteiger partial charge in [-0.1, -0.05) is 36.4 Å². The second-order valence-electron chi connectivity index (χ2n) is 6.04. The number of hydrogen-bond acceptors (Lipinski definition) is 4. The van der Waals surface area contributed by atoms with E-state index in [1.165, 1.54) is 23.1 Å². The lowest BCUT2D eigenvalue weighted by Gasteiger charge is -2.16. The van der Waals surface area contributed by atoms with E-state index < -0.39 is 18.2 Å². The van der Waals surface area contributed by atoms with E-state index in [0.717, 1.165) is 5.56 Å². The van der Waals surface area contributed by atoms with Crippen LogP contribution >= 0.6 is 0 Å². The summed E-state index contributed by atoms with van der Waals surface area (Å²) < 4.78 is 5.69. The molecular formula is C20H19NO5. The van der Waals surface area contributed by atoms with Crippen molar-refractivity contribution in [3.8, 4) is 5.75 Å². The number of aliphatic hydroxyl groups is 1. The van der Waals surface area contributed by atoms with Gasteiger partial charge >= 0.3 is 5.97 Å². The summed E-state index contributed by atoms with van der Waals surface area (Å²) in [5, 5.41) is 19.2. The molecule has 6 heteroatoms. The Morgan fingerprint density at radius 1 is 1.08 bits per heavy atom. The minimum atomic E-state index is -1.05. The molecule has 1 saturated heterocycles. The number of nitrogens with zero attached hydrogens (tertiary/aromatic N) is 1. The van der Waals surface area contributed by atoms with E-state index >= 15 is 0 Å². The van der Waals surface area contributed by atoms with Crippen LogP contribution in [0.25, 0.3) is 6.08 Å². The summed E-state index contributed by atoms with van der Waals surface area (Å²) in [7, 11) is 0. The topological polar surface area (TPSA) is 87.1 Å². The number of amides is 1. The lowest BCUT2D eigenvalue weighted by Crippen LogP contribution is -2.30. The zero-order valence-electron chi connectivity index (χ0n) is 14.0. The summed E-state index contributed by atoms with van der Waals surface area (Å²) in [5.74, 6) is -0.911. The molecule has 1 fully saturated rings. The van der Waals surface area contributed by atoms with E-state index in [9.17, 15) is 14.7 Å². The molecule has 0 saturated carbocycles. The van der Waals surface area contributed by atoms with Gasteiger partial charge < -0.3 is 19.8 Å². The monoisotopic (exact) mass is 353 g/mol. The lowest BCUT2D eigenvalue weighted by molar-refractivity contribution is -0.125. The molecule has 1 aliphatic rings. The molecule has 2 N–H and O–H groups in total. The second-order valence-corrected chi connectivity index (χ2v) is 6.04. The average Bonchev–Trinajstić information content (AvgIpc) is 3.01. The van der Waals surface area contributed by atoms with Gasteiger partial charge in [-0.3, -0.25) is 4.79 Å². The van der Waals surface area contributed by atoms with Crippen molar-refractivity contribution in [3.05, 3.63) is 71.8 Å². The summed E-state index contributed by atoms with van der Waals surface area (Å²) in [6, 6.07) is 15.5. The molecule has 134 valence electrons. The van der Waals surface area contributed by atoms with Crippen LogP contribution in [0.5, 0.6) is 5.75 Å². The number of carbonyl (C=O) groups is 2. The molecule has 26 heavy (non-hydrogen) atoms. The van der Waals surface area contributed by atoms with E-state index in [-0.39, 0.29) is 24.6 Å². The Hall–Kier alpha value is -3.12. The number of likely N-dealkylation sites (tertiary alicyclic amines) is 1. The number of aliphatic hydroxyl groups excluding tert-OH is 1. The molecule has 6 nitrogen and oxygen atoms in total. The highest BCUT2D eigenvalue weighted by Gasteiger charge is 2.35. The molecule has 0 bridgehead atoms. The van der Waals surface area contributed by atoms with Crippen LogP contribution in [0, 0.1) is 0 Å². The van der Waals surface area contributed by atoms with Gasteiger partial charge in [-0.2, -0.15) is 0 Å². The number of benzene rings is 2. The molecule has 0 unspecified atom stereocenters. The van der Waals surface area contributed by atoms with Crippen molar-refractivity contribution >= 4 is 18.0 Å². The van der Waals surface area contributed by atoms with Crippen molar-refractivity contribution in [3.63, 3.8) is 0 Å². The molecule has 2 aromatic rings. The van der Waals surface area contributed by atoms with E-state index in [1.807, 2.05) is 30.3 Å². The van der Waals surface area contributed by atoms with Crippen molar-refractivity contribution in [2.45, 2.75) is 12.2 Å². The maximum atomic E-state index is 12.3. The zero-order chi connectivity index (χ0) is 18.5. The summed E-state index contributed by atoms with van der Waals surface area (Å²) >= 11 is 0. The van der Waals surface area contributed by atoms with Gasteiger partial charge in [-0.15, -0.1) is 0 Å².